The molecule has 4 heteroatoms. The van der Waals surface area contributed by atoms with E-state index in [1.807, 2.05) is 24.3 Å². The first-order valence-electron chi connectivity index (χ1n) is 27.0. The van der Waals surface area contributed by atoms with E-state index in [0.29, 0.717) is 11.1 Å². The van der Waals surface area contributed by atoms with Crippen molar-refractivity contribution < 1.29 is 0 Å². The largest absolute Gasteiger partial charge is 0.330 e. The van der Waals surface area contributed by atoms with Gasteiger partial charge < -0.3 is 9.80 Å². The summed E-state index contributed by atoms with van der Waals surface area (Å²) in [5.74, 6) is -0.0651. The van der Waals surface area contributed by atoms with E-state index in [2.05, 4.69) is 259 Å². The van der Waals surface area contributed by atoms with E-state index in [9.17, 15) is 10.5 Å². The van der Waals surface area contributed by atoms with Crippen LogP contribution in [-0.4, -0.2) is 6.04 Å². The van der Waals surface area contributed by atoms with Crippen LogP contribution in [0.2, 0.25) is 0 Å². The number of benzene rings is 8. The minimum absolute atomic E-state index is 0.0651. The summed E-state index contributed by atoms with van der Waals surface area (Å²) in [5.41, 5.74) is 32.0. The number of nitriles is 2. The molecule has 0 N–H and O–H groups in total. The van der Waals surface area contributed by atoms with Crippen molar-refractivity contribution in [3.05, 3.63) is 296 Å². The molecule has 78 heavy (non-hydrogen) atoms. The zero-order chi connectivity index (χ0) is 53.9. The molecule has 0 aromatic heterocycles. The van der Waals surface area contributed by atoms with Crippen molar-refractivity contribution in [2.24, 2.45) is 5.92 Å². The summed E-state index contributed by atoms with van der Waals surface area (Å²) >= 11 is 0. The van der Waals surface area contributed by atoms with E-state index < -0.39 is 0 Å². The quantitative estimate of drug-likeness (QED) is 0.137. The van der Waals surface area contributed by atoms with Gasteiger partial charge in [-0.2, -0.15) is 10.5 Å². The number of hydrogen-bond donors (Lipinski definition) is 0. The lowest BCUT2D eigenvalue weighted by Gasteiger charge is -2.44. The van der Waals surface area contributed by atoms with Gasteiger partial charge in [-0.1, -0.05) is 127 Å². The van der Waals surface area contributed by atoms with Crippen molar-refractivity contribution in [2.75, 3.05) is 9.80 Å². The second-order valence-electron chi connectivity index (χ2n) is 21.4. The Balaban J connectivity index is 1.05. The van der Waals surface area contributed by atoms with Crippen LogP contribution in [0.15, 0.2) is 240 Å². The maximum absolute atomic E-state index is 10.1. The van der Waals surface area contributed by atoms with Crippen molar-refractivity contribution in [3.8, 4) is 56.6 Å². The summed E-state index contributed by atoms with van der Waals surface area (Å²) in [5, 5.41) is 20.1. The monoisotopic (exact) mass is 1000 g/mol. The highest BCUT2D eigenvalue weighted by atomic mass is 15.2. The first-order chi connectivity index (χ1) is 37.9. The molecule has 2 unspecified atom stereocenters. The summed E-state index contributed by atoms with van der Waals surface area (Å²) in [6, 6.07) is 61.0. The molecule has 0 amide bonds. The van der Waals surface area contributed by atoms with Crippen LogP contribution in [-0.2, 0) is 0 Å². The SMILES string of the molecule is Cc1cccc(-c2ccc(N(C3=C4C=CC5=C6C(=CC=C(C=C3)C46)C(N(c3ccc(C#N)cc3)c3ccc(-c4cccc(C)c4C)cc3-c3cccc(C)c3C)C=C5)c3ccc(C#N)cc3)c(-c3cccc(C)c3C)c2)c1C. The van der Waals surface area contributed by atoms with E-state index in [1.54, 1.807) is 0 Å². The molecule has 0 fully saturated rings. The summed E-state index contributed by atoms with van der Waals surface area (Å²) in [6.07, 6.45) is 18.6. The van der Waals surface area contributed by atoms with Crippen LogP contribution in [0.25, 0.3) is 44.5 Å². The third-order valence-corrected chi connectivity index (χ3v) is 17.1. The van der Waals surface area contributed by atoms with Crippen molar-refractivity contribution in [1.82, 2.24) is 0 Å². The maximum atomic E-state index is 10.1. The minimum atomic E-state index is -0.213. The number of anilines is 4. The van der Waals surface area contributed by atoms with Crippen LogP contribution >= 0.6 is 0 Å². The van der Waals surface area contributed by atoms with Crippen LogP contribution in [0.5, 0.6) is 0 Å². The summed E-state index contributed by atoms with van der Waals surface area (Å²) in [4.78, 5) is 4.92. The number of hydrogen-bond acceptors (Lipinski definition) is 4. The van der Waals surface area contributed by atoms with Gasteiger partial charge in [0.05, 0.1) is 40.7 Å². The normalized spacial score (nSPS) is 15.8. The second kappa shape index (κ2) is 19.9. The van der Waals surface area contributed by atoms with E-state index in [-0.39, 0.29) is 12.0 Å². The average Bonchev–Trinajstić information content (AvgIpc) is 3.60. The number of allylic oxidation sites excluding steroid dienone is 10. The lowest BCUT2D eigenvalue weighted by Crippen LogP contribution is -2.37. The molecule has 0 aliphatic heterocycles. The van der Waals surface area contributed by atoms with Crippen molar-refractivity contribution in [3.63, 3.8) is 0 Å². The van der Waals surface area contributed by atoms with Crippen LogP contribution in [0.1, 0.15) is 55.6 Å². The molecule has 0 saturated carbocycles. The van der Waals surface area contributed by atoms with E-state index in [4.69, 9.17) is 0 Å². The molecular formula is C74H60N4. The van der Waals surface area contributed by atoms with Crippen LogP contribution < -0.4 is 9.80 Å². The molecule has 0 heterocycles. The highest BCUT2D eigenvalue weighted by molar-refractivity contribution is 5.93. The molecule has 0 spiro atoms. The van der Waals surface area contributed by atoms with Gasteiger partial charge in [0.25, 0.3) is 0 Å². The molecule has 8 aromatic rings. The van der Waals surface area contributed by atoms with Crippen molar-refractivity contribution in [1.29, 1.82) is 10.5 Å². The smallest absolute Gasteiger partial charge is 0.0991 e. The molecule has 2 atom stereocenters. The molecule has 4 aliphatic rings. The van der Waals surface area contributed by atoms with Crippen LogP contribution in [0.3, 0.4) is 0 Å². The van der Waals surface area contributed by atoms with Crippen LogP contribution in [0, 0.1) is 84.0 Å². The Morgan fingerprint density at radius 1 is 0.423 bits per heavy atom. The van der Waals surface area contributed by atoms with E-state index >= 15 is 0 Å². The highest BCUT2D eigenvalue weighted by Crippen LogP contribution is 2.54. The van der Waals surface area contributed by atoms with Gasteiger partial charge in [-0.05, 0) is 240 Å². The fourth-order valence-corrected chi connectivity index (χ4v) is 12.2. The number of aryl methyl sites for hydroxylation is 4. The van der Waals surface area contributed by atoms with Gasteiger partial charge in [-0.15, -0.1) is 0 Å². The first-order valence-corrected chi connectivity index (χ1v) is 27.0. The summed E-state index contributed by atoms with van der Waals surface area (Å²) in [6.45, 7) is 17.7. The predicted octanol–water partition coefficient (Wildman–Crippen LogP) is 18.7. The fourth-order valence-electron chi connectivity index (χ4n) is 12.2. The first kappa shape index (κ1) is 49.4. The molecule has 0 saturated heterocycles. The zero-order valence-corrected chi connectivity index (χ0v) is 45.6. The molecule has 12 rings (SSSR count). The fraction of sp³-hybridized carbons (Fsp3) is 0.135. The van der Waals surface area contributed by atoms with E-state index in [0.717, 1.165) is 39.6 Å². The van der Waals surface area contributed by atoms with Crippen molar-refractivity contribution in [2.45, 2.75) is 61.4 Å². The maximum Gasteiger partial charge on any atom is 0.0991 e. The number of rotatable bonds is 10. The second-order valence-corrected chi connectivity index (χ2v) is 21.4. The van der Waals surface area contributed by atoms with Crippen molar-refractivity contribution >= 4 is 22.7 Å². The van der Waals surface area contributed by atoms with Gasteiger partial charge in [0.15, 0.2) is 0 Å². The Bertz CT molecular complexity index is 4130. The molecular weight excluding hydrogens is 945 g/mol. The topological polar surface area (TPSA) is 54.1 Å². The molecule has 4 aliphatic carbocycles. The lowest BCUT2D eigenvalue weighted by molar-refractivity contribution is 0.773. The molecule has 8 aromatic carbocycles. The molecule has 0 radical (unpaired) electrons. The Kier molecular flexibility index (Phi) is 12.6. The Morgan fingerprint density at radius 3 is 1.45 bits per heavy atom. The van der Waals surface area contributed by atoms with Gasteiger partial charge in [-0.25, -0.2) is 0 Å². The van der Waals surface area contributed by atoms with Gasteiger partial charge in [0.2, 0.25) is 0 Å². The predicted molar refractivity (Wildman–Crippen MR) is 324 cm³/mol. The van der Waals surface area contributed by atoms with E-state index in [1.165, 1.54) is 106 Å². The third-order valence-electron chi connectivity index (χ3n) is 17.1. The van der Waals surface area contributed by atoms with Gasteiger partial charge in [-0.3, -0.25) is 0 Å². The third kappa shape index (κ3) is 8.39. The summed E-state index contributed by atoms with van der Waals surface area (Å²) in [7, 11) is 0. The molecule has 0 bridgehead atoms. The highest BCUT2D eigenvalue weighted by Gasteiger charge is 2.41. The Labute approximate surface area is 460 Å². The molecule has 376 valence electrons. The number of nitrogens with zero attached hydrogens (tertiary/aromatic N) is 4. The molecule has 4 nitrogen and oxygen atoms in total. The Morgan fingerprint density at radius 2 is 0.910 bits per heavy atom. The zero-order valence-electron chi connectivity index (χ0n) is 45.6. The standard InChI is InChI=1S/C74H60N4/c1-45-13-9-17-61(49(45)5)57-29-39-71(67(41-57)63-19-11-15-47(3)51(63)7)77(59-31-21-53(43-75)22-32-59)69-37-27-55-26-36-66-70(38-28-56-25-35-65(69)73(55)74(56)66)78(60-33-23-54(44-76)24-34-60)72-40-30-58(62-18-10-14-46(2)50(62)6)42-68(72)64-20-12-16-48(4)52(64)8/h9-42,69,74H,1-8H3. The van der Waals surface area contributed by atoms with Gasteiger partial charge in [0, 0.05) is 34.1 Å². The summed E-state index contributed by atoms with van der Waals surface area (Å²) < 4.78 is 0. The Hall–Kier alpha value is -9.48. The van der Waals surface area contributed by atoms with Crippen LogP contribution in [0.4, 0.5) is 22.7 Å². The van der Waals surface area contributed by atoms with Gasteiger partial charge >= 0.3 is 0 Å². The average molecular weight is 1010 g/mol. The lowest BCUT2D eigenvalue weighted by atomic mass is 9.67. The van der Waals surface area contributed by atoms with Gasteiger partial charge in [0.1, 0.15) is 0 Å². The minimum Gasteiger partial charge on any atom is -0.330 e.